The second-order valence-electron chi connectivity index (χ2n) is 8.46. The third-order valence-electron chi connectivity index (χ3n) is 5.70. The summed E-state index contributed by atoms with van der Waals surface area (Å²) in [6.45, 7) is 7.12. The van der Waals surface area contributed by atoms with Crippen LogP contribution >= 0.6 is 0 Å². The molecule has 164 valence electrons. The van der Waals surface area contributed by atoms with E-state index in [2.05, 4.69) is 35.8 Å². The van der Waals surface area contributed by atoms with E-state index in [1.165, 1.54) is 12.1 Å². The zero-order valence-electron chi connectivity index (χ0n) is 18.0. The summed E-state index contributed by atoms with van der Waals surface area (Å²) in [7, 11) is 0. The third kappa shape index (κ3) is 5.70. The molecule has 1 fully saturated rings. The highest BCUT2D eigenvalue weighted by molar-refractivity contribution is 5.72. The number of hydrazine groups is 3. The Hall–Kier alpha value is -2.19. The lowest BCUT2D eigenvalue weighted by Crippen LogP contribution is -2.46. The van der Waals surface area contributed by atoms with Crippen molar-refractivity contribution in [1.82, 2.24) is 21.9 Å². The molecular formula is C23H33FN4O2. The van der Waals surface area contributed by atoms with Crippen molar-refractivity contribution in [1.29, 1.82) is 0 Å². The van der Waals surface area contributed by atoms with Crippen molar-refractivity contribution in [3.05, 3.63) is 47.8 Å². The van der Waals surface area contributed by atoms with Crippen LogP contribution in [-0.2, 0) is 6.42 Å². The number of aryl methyl sites for hydroxylation is 1. The van der Waals surface area contributed by atoms with Gasteiger partial charge in [-0.05, 0) is 54.0 Å². The van der Waals surface area contributed by atoms with Crippen molar-refractivity contribution in [2.45, 2.75) is 59.0 Å². The maximum atomic E-state index is 13.6. The summed E-state index contributed by atoms with van der Waals surface area (Å²) >= 11 is 0. The first-order valence-corrected chi connectivity index (χ1v) is 10.7. The van der Waals surface area contributed by atoms with Gasteiger partial charge in [-0.2, -0.15) is 11.1 Å². The van der Waals surface area contributed by atoms with Gasteiger partial charge in [-0.15, -0.1) is 0 Å². The average Bonchev–Trinajstić information content (AvgIpc) is 3.26. The molecule has 7 heteroatoms. The van der Waals surface area contributed by atoms with E-state index >= 15 is 0 Å². The SMILES string of the molecule is CCc1cc(-c2cccc(F)c2)c(O)cc1OCCCCCC(C)(C)C1NNNN1. The van der Waals surface area contributed by atoms with E-state index in [0.717, 1.165) is 37.7 Å². The molecule has 6 nitrogen and oxygen atoms in total. The van der Waals surface area contributed by atoms with E-state index in [0.29, 0.717) is 23.5 Å². The van der Waals surface area contributed by atoms with Crippen molar-refractivity contribution in [2.75, 3.05) is 6.61 Å². The summed E-state index contributed by atoms with van der Waals surface area (Å²) in [5.74, 6) is 0.487. The molecule has 2 aromatic carbocycles. The summed E-state index contributed by atoms with van der Waals surface area (Å²) < 4.78 is 19.5. The summed E-state index contributed by atoms with van der Waals surface area (Å²) in [4.78, 5) is 0. The maximum absolute atomic E-state index is 13.6. The fourth-order valence-electron chi connectivity index (χ4n) is 3.74. The molecule has 1 saturated heterocycles. The van der Waals surface area contributed by atoms with Gasteiger partial charge in [0.05, 0.1) is 12.8 Å². The number of unbranched alkanes of at least 4 members (excludes halogenated alkanes) is 2. The zero-order valence-corrected chi connectivity index (χ0v) is 18.0. The average molecular weight is 417 g/mol. The number of rotatable bonds is 10. The molecule has 0 aromatic heterocycles. The fourth-order valence-corrected chi connectivity index (χ4v) is 3.74. The van der Waals surface area contributed by atoms with E-state index in [9.17, 15) is 9.50 Å². The lowest BCUT2D eigenvalue weighted by Gasteiger charge is -2.30. The Morgan fingerprint density at radius 3 is 2.53 bits per heavy atom. The fraction of sp³-hybridized carbons (Fsp3) is 0.478. The van der Waals surface area contributed by atoms with E-state index in [-0.39, 0.29) is 23.1 Å². The normalized spacial score (nSPS) is 14.9. The quantitative estimate of drug-likeness (QED) is 0.374. The van der Waals surface area contributed by atoms with Crippen LogP contribution in [0.5, 0.6) is 11.5 Å². The molecule has 2 aromatic rings. The van der Waals surface area contributed by atoms with Gasteiger partial charge in [0.2, 0.25) is 0 Å². The molecule has 0 radical (unpaired) electrons. The predicted octanol–water partition coefficient (Wildman–Crippen LogP) is 4.17. The van der Waals surface area contributed by atoms with Gasteiger partial charge in [0.25, 0.3) is 0 Å². The number of phenols is 1. The lowest BCUT2D eigenvalue weighted by molar-refractivity contribution is 0.205. The Labute approximate surface area is 178 Å². The molecule has 3 rings (SSSR count). The number of ether oxygens (including phenoxy) is 1. The Kier molecular flexibility index (Phi) is 7.66. The number of hydrogen-bond donors (Lipinski definition) is 5. The van der Waals surface area contributed by atoms with Crippen LogP contribution in [0.15, 0.2) is 36.4 Å². The highest BCUT2D eigenvalue weighted by Crippen LogP contribution is 2.36. The Morgan fingerprint density at radius 1 is 1.07 bits per heavy atom. The van der Waals surface area contributed by atoms with Crippen molar-refractivity contribution in [2.24, 2.45) is 5.41 Å². The van der Waals surface area contributed by atoms with Crippen LogP contribution < -0.4 is 26.7 Å². The van der Waals surface area contributed by atoms with Crippen LogP contribution in [0, 0.1) is 11.2 Å². The van der Waals surface area contributed by atoms with Gasteiger partial charge in [-0.3, -0.25) is 0 Å². The lowest BCUT2D eigenvalue weighted by atomic mass is 9.84. The minimum absolute atomic E-state index is 0.105. The molecule has 0 aliphatic carbocycles. The molecule has 0 bridgehead atoms. The maximum Gasteiger partial charge on any atom is 0.127 e. The molecule has 1 heterocycles. The Morgan fingerprint density at radius 2 is 1.83 bits per heavy atom. The summed E-state index contributed by atoms with van der Waals surface area (Å²) in [6.07, 6.45) is 5.18. The van der Waals surface area contributed by atoms with Crippen LogP contribution in [0.2, 0.25) is 0 Å². The van der Waals surface area contributed by atoms with Crippen LogP contribution in [0.25, 0.3) is 11.1 Å². The first kappa shape index (κ1) is 22.5. The van der Waals surface area contributed by atoms with Crippen molar-refractivity contribution < 1.29 is 14.2 Å². The first-order chi connectivity index (χ1) is 14.4. The van der Waals surface area contributed by atoms with Crippen LogP contribution in [0.3, 0.4) is 0 Å². The second kappa shape index (κ2) is 10.2. The molecule has 0 amide bonds. The summed E-state index contributed by atoms with van der Waals surface area (Å²) in [5, 5.41) is 10.5. The van der Waals surface area contributed by atoms with Gasteiger partial charge in [-0.25, -0.2) is 15.2 Å². The Balaban J connectivity index is 1.51. The van der Waals surface area contributed by atoms with Gasteiger partial charge in [-0.1, -0.05) is 45.7 Å². The molecule has 0 saturated carbocycles. The van der Waals surface area contributed by atoms with Gasteiger partial charge in [0.1, 0.15) is 17.3 Å². The van der Waals surface area contributed by atoms with Crippen molar-refractivity contribution in [3.8, 4) is 22.6 Å². The van der Waals surface area contributed by atoms with Gasteiger partial charge >= 0.3 is 0 Å². The van der Waals surface area contributed by atoms with Crippen LogP contribution in [0.4, 0.5) is 4.39 Å². The van der Waals surface area contributed by atoms with Crippen LogP contribution in [0.1, 0.15) is 52.0 Å². The molecule has 30 heavy (non-hydrogen) atoms. The monoisotopic (exact) mass is 416 g/mol. The third-order valence-corrected chi connectivity index (χ3v) is 5.70. The number of aromatic hydroxyl groups is 1. The largest absolute Gasteiger partial charge is 0.507 e. The molecule has 5 N–H and O–H groups in total. The Bertz CT molecular complexity index is 838. The topological polar surface area (TPSA) is 77.6 Å². The highest BCUT2D eigenvalue weighted by Gasteiger charge is 2.30. The van der Waals surface area contributed by atoms with E-state index in [1.807, 2.05) is 13.0 Å². The smallest absolute Gasteiger partial charge is 0.127 e. The number of hydrogen-bond acceptors (Lipinski definition) is 6. The molecule has 1 aliphatic heterocycles. The van der Waals surface area contributed by atoms with Crippen molar-refractivity contribution >= 4 is 0 Å². The number of halogens is 1. The number of nitrogens with one attached hydrogen (secondary N) is 4. The minimum Gasteiger partial charge on any atom is -0.507 e. The molecule has 0 atom stereocenters. The van der Waals surface area contributed by atoms with Gasteiger partial charge in [0.15, 0.2) is 0 Å². The molecule has 0 unspecified atom stereocenters. The van der Waals surface area contributed by atoms with E-state index < -0.39 is 0 Å². The van der Waals surface area contributed by atoms with E-state index in [4.69, 9.17) is 4.74 Å². The van der Waals surface area contributed by atoms with E-state index in [1.54, 1.807) is 18.2 Å². The number of benzene rings is 2. The first-order valence-electron chi connectivity index (χ1n) is 10.7. The van der Waals surface area contributed by atoms with Crippen LogP contribution in [-0.4, -0.2) is 17.9 Å². The second-order valence-corrected chi connectivity index (χ2v) is 8.46. The standard InChI is InChI=1S/C23H33FN4O2/c1-4-16-14-19(17-9-8-10-18(24)13-17)20(29)15-21(16)30-12-7-5-6-11-23(2,3)22-25-27-28-26-22/h8-10,13-15,22,25-29H,4-7,11-12H2,1-3H3. The highest BCUT2D eigenvalue weighted by atomic mass is 19.1. The van der Waals surface area contributed by atoms with Crippen molar-refractivity contribution in [3.63, 3.8) is 0 Å². The minimum atomic E-state index is -0.319. The zero-order chi connectivity index (χ0) is 21.6. The van der Waals surface area contributed by atoms with Gasteiger partial charge in [0, 0.05) is 11.6 Å². The molecule has 1 aliphatic rings. The summed E-state index contributed by atoms with van der Waals surface area (Å²) in [6, 6.07) is 9.81. The van der Waals surface area contributed by atoms with Gasteiger partial charge < -0.3 is 9.84 Å². The predicted molar refractivity (Wildman–Crippen MR) is 117 cm³/mol. The summed E-state index contributed by atoms with van der Waals surface area (Å²) in [5.41, 5.74) is 14.5. The molecule has 0 spiro atoms. The molecular weight excluding hydrogens is 383 g/mol. The number of phenolic OH excluding ortho intramolecular Hbond substituents is 1.